The van der Waals surface area contributed by atoms with E-state index in [-0.39, 0.29) is 11.4 Å². The van der Waals surface area contributed by atoms with E-state index in [9.17, 15) is 10.1 Å². The number of aromatic nitrogens is 1. The molecule has 2 aromatic rings. The second kappa shape index (κ2) is 8.72. The molecule has 0 radical (unpaired) electrons. The minimum Gasteiger partial charge on any atom is -0.397 e. The molecule has 0 atom stereocenters. The molecule has 0 aliphatic rings. The average Bonchev–Trinajstić information content (AvgIpc) is 2.56. The van der Waals surface area contributed by atoms with E-state index in [1.165, 1.54) is 23.3 Å². The number of nitrogens with zero attached hydrogens (tertiary/aromatic N) is 3. The zero-order valence-electron chi connectivity index (χ0n) is 12.8. The largest absolute Gasteiger partial charge is 0.397 e. The van der Waals surface area contributed by atoms with Gasteiger partial charge in [0.1, 0.15) is 11.0 Å². The van der Waals surface area contributed by atoms with Crippen molar-refractivity contribution in [3.8, 4) is 0 Å². The molecule has 1 aromatic heterocycles. The summed E-state index contributed by atoms with van der Waals surface area (Å²) in [6, 6.07) is 10.9. The Balaban J connectivity index is 0.00000127. The third-order valence-corrected chi connectivity index (χ3v) is 2.84. The van der Waals surface area contributed by atoms with E-state index in [0.29, 0.717) is 16.5 Å². The van der Waals surface area contributed by atoms with E-state index < -0.39 is 4.92 Å². The second-order valence-corrected chi connectivity index (χ2v) is 4.50. The molecule has 4 N–H and O–H groups in total. The van der Waals surface area contributed by atoms with Gasteiger partial charge in [0.2, 0.25) is 0 Å². The van der Waals surface area contributed by atoms with Crippen LogP contribution in [-0.4, -0.2) is 9.91 Å². The van der Waals surface area contributed by atoms with E-state index in [0.717, 1.165) is 0 Å². The number of halogens is 1. The van der Waals surface area contributed by atoms with Crippen LogP contribution in [0.1, 0.15) is 19.4 Å². The van der Waals surface area contributed by atoms with E-state index in [4.69, 9.17) is 23.2 Å². The molecule has 0 fully saturated rings. The zero-order valence-corrected chi connectivity index (χ0v) is 13.6. The number of nitrogens with two attached hydrogens (primary N) is 2. The third kappa shape index (κ3) is 5.24. The number of hydrogen-bond donors (Lipinski definition) is 2. The molecule has 0 amide bonds. The number of hydrazine groups is 1. The Labute approximate surface area is 139 Å². The standard InChI is InChI=1S/C13H12ClN5O2.C2H6/c14-12-5-2-6-13(17-12)18(16)8-11(15)9-3-1-4-10(7-9)19(20)21;1-2/h1-8H,15-16H2;1-2H3/b11-8-;. The van der Waals surface area contributed by atoms with Crippen LogP contribution in [0.15, 0.2) is 48.7 Å². The van der Waals surface area contributed by atoms with Crippen LogP contribution in [0.4, 0.5) is 11.5 Å². The van der Waals surface area contributed by atoms with E-state index in [1.54, 1.807) is 30.3 Å². The molecule has 0 saturated heterocycles. The topological polar surface area (TPSA) is 111 Å². The highest BCUT2D eigenvalue weighted by molar-refractivity contribution is 6.29. The lowest BCUT2D eigenvalue weighted by molar-refractivity contribution is -0.384. The third-order valence-electron chi connectivity index (χ3n) is 2.63. The molecule has 8 heteroatoms. The number of non-ortho nitro benzene ring substituents is 1. The van der Waals surface area contributed by atoms with Gasteiger partial charge in [-0.25, -0.2) is 10.8 Å². The average molecular weight is 336 g/mol. The van der Waals surface area contributed by atoms with Crippen molar-refractivity contribution in [2.75, 3.05) is 5.01 Å². The van der Waals surface area contributed by atoms with Crippen LogP contribution in [0.5, 0.6) is 0 Å². The smallest absolute Gasteiger partial charge is 0.270 e. The summed E-state index contributed by atoms with van der Waals surface area (Å²) in [5.41, 5.74) is 6.60. The molecule has 1 aromatic carbocycles. The molecule has 2 rings (SSSR count). The summed E-state index contributed by atoms with van der Waals surface area (Å²) in [6.45, 7) is 4.00. The number of anilines is 1. The molecule has 0 saturated carbocycles. The summed E-state index contributed by atoms with van der Waals surface area (Å²) >= 11 is 5.78. The summed E-state index contributed by atoms with van der Waals surface area (Å²) < 4.78 is 0. The van der Waals surface area contributed by atoms with Crippen molar-refractivity contribution in [3.05, 3.63) is 69.5 Å². The number of hydrogen-bond acceptors (Lipinski definition) is 6. The van der Waals surface area contributed by atoms with Crippen LogP contribution in [0.3, 0.4) is 0 Å². The van der Waals surface area contributed by atoms with E-state index in [1.807, 2.05) is 13.8 Å². The van der Waals surface area contributed by atoms with E-state index in [2.05, 4.69) is 4.98 Å². The quantitative estimate of drug-likeness (QED) is 0.384. The van der Waals surface area contributed by atoms with Crippen molar-refractivity contribution >= 4 is 28.8 Å². The van der Waals surface area contributed by atoms with Gasteiger partial charge in [-0.3, -0.25) is 15.1 Å². The van der Waals surface area contributed by atoms with Gasteiger partial charge in [-0.2, -0.15) is 0 Å². The molecule has 0 aliphatic carbocycles. The summed E-state index contributed by atoms with van der Waals surface area (Å²) in [5, 5.41) is 12.2. The summed E-state index contributed by atoms with van der Waals surface area (Å²) in [7, 11) is 0. The molecule has 0 bridgehead atoms. The predicted octanol–water partition coefficient (Wildman–Crippen LogP) is 3.31. The molecule has 1 heterocycles. The number of nitro benzene ring substituents is 1. The molecular formula is C15H18ClN5O2. The Kier molecular flexibility index (Phi) is 6.98. The van der Waals surface area contributed by atoms with Gasteiger partial charge >= 0.3 is 0 Å². The van der Waals surface area contributed by atoms with E-state index >= 15 is 0 Å². The molecule has 7 nitrogen and oxygen atoms in total. The van der Waals surface area contributed by atoms with Gasteiger partial charge in [-0.1, -0.05) is 43.6 Å². The predicted molar refractivity (Wildman–Crippen MR) is 92.5 cm³/mol. The first-order valence-electron chi connectivity index (χ1n) is 6.86. The Morgan fingerprint density at radius 3 is 2.57 bits per heavy atom. The van der Waals surface area contributed by atoms with Crippen molar-refractivity contribution in [1.29, 1.82) is 0 Å². The van der Waals surface area contributed by atoms with Gasteiger partial charge in [0.15, 0.2) is 0 Å². The van der Waals surface area contributed by atoms with Gasteiger partial charge < -0.3 is 5.73 Å². The number of rotatable bonds is 4. The molecular weight excluding hydrogens is 318 g/mol. The lowest BCUT2D eigenvalue weighted by Gasteiger charge is -2.14. The fourth-order valence-electron chi connectivity index (χ4n) is 1.63. The van der Waals surface area contributed by atoms with Gasteiger partial charge in [-0.05, 0) is 12.1 Å². The van der Waals surface area contributed by atoms with Crippen molar-refractivity contribution in [3.63, 3.8) is 0 Å². The molecule has 0 aliphatic heterocycles. The monoisotopic (exact) mass is 335 g/mol. The highest BCUT2D eigenvalue weighted by atomic mass is 35.5. The van der Waals surface area contributed by atoms with Gasteiger partial charge in [0, 0.05) is 23.9 Å². The summed E-state index contributed by atoms with van der Waals surface area (Å²) in [6.07, 6.45) is 1.41. The Morgan fingerprint density at radius 2 is 1.96 bits per heavy atom. The van der Waals surface area contributed by atoms with Gasteiger partial charge in [0.05, 0.1) is 10.6 Å². The first-order valence-corrected chi connectivity index (χ1v) is 7.24. The fourth-order valence-corrected chi connectivity index (χ4v) is 1.79. The molecule has 0 unspecified atom stereocenters. The number of benzene rings is 1. The molecule has 23 heavy (non-hydrogen) atoms. The maximum Gasteiger partial charge on any atom is 0.270 e. The zero-order chi connectivity index (χ0) is 17.4. The number of nitro groups is 1. The highest BCUT2D eigenvalue weighted by Crippen LogP contribution is 2.19. The first-order chi connectivity index (χ1) is 11.0. The normalized spacial score (nSPS) is 10.5. The summed E-state index contributed by atoms with van der Waals surface area (Å²) in [5.74, 6) is 6.22. The minimum atomic E-state index is -0.491. The van der Waals surface area contributed by atoms with Crippen LogP contribution >= 0.6 is 11.6 Å². The van der Waals surface area contributed by atoms with Gasteiger partial charge in [0.25, 0.3) is 5.69 Å². The van der Waals surface area contributed by atoms with Crippen molar-refractivity contribution in [2.45, 2.75) is 13.8 Å². The first kappa shape index (κ1) is 18.4. The maximum absolute atomic E-state index is 10.7. The van der Waals surface area contributed by atoms with Crippen LogP contribution < -0.4 is 16.6 Å². The van der Waals surface area contributed by atoms with Crippen molar-refractivity contribution in [1.82, 2.24) is 4.98 Å². The lowest BCUT2D eigenvalue weighted by atomic mass is 10.1. The van der Waals surface area contributed by atoms with Crippen molar-refractivity contribution < 1.29 is 4.92 Å². The Hall–Kier alpha value is -2.64. The van der Waals surface area contributed by atoms with Crippen LogP contribution in [0.2, 0.25) is 5.15 Å². The van der Waals surface area contributed by atoms with Crippen LogP contribution in [0.25, 0.3) is 5.70 Å². The fraction of sp³-hybridized carbons (Fsp3) is 0.133. The van der Waals surface area contributed by atoms with Crippen molar-refractivity contribution in [2.24, 2.45) is 11.6 Å². The van der Waals surface area contributed by atoms with Crippen LogP contribution in [-0.2, 0) is 0 Å². The second-order valence-electron chi connectivity index (χ2n) is 4.12. The minimum absolute atomic E-state index is 0.0479. The Bertz CT molecular complexity index is 706. The lowest BCUT2D eigenvalue weighted by Crippen LogP contribution is -2.26. The van der Waals surface area contributed by atoms with Gasteiger partial charge in [-0.15, -0.1) is 0 Å². The van der Waals surface area contributed by atoms with Crippen LogP contribution in [0, 0.1) is 10.1 Å². The molecule has 122 valence electrons. The SMILES string of the molecule is CC.N/C(=C\N(N)c1cccc(Cl)n1)c1cccc([N+](=O)[O-])c1. The summed E-state index contributed by atoms with van der Waals surface area (Å²) in [4.78, 5) is 14.3. The highest BCUT2D eigenvalue weighted by Gasteiger charge is 2.08. The Morgan fingerprint density at radius 1 is 1.30 bits per heavy atom. The number of pyridine rings is 1. The molecule has 0 spiro atoms. The maximum atomic E-state index is 10.7.